The zero-order valence-electron chi connectivity index (χ0n) is 8.47. The summed E-state index contributed by atoms with van der Waals surface area (Å²) in [6.45, 7) is 0. The van der Waals surface area contributed by atoms with Crippen molar-refractivity contribution in [3.63, 3.8) is 0 Å². The van der Waals surface area contributed by atoms with Crippen LogP contribution in [0.3, 0.4) is 0 Å². The fourth-order valence-electron chi connectivity index (χ4n) is 1.15. The Kier molecular flexibility index (Phi) is 3.95. The highest BCUT2D eigenvalue weighted by molar-refractivity contribution is 6.33. The third-order valence-corrected chi connectivity index (χ3v) is 1.91. The van der Waals surface area contributed by atoms with Crippen LogP contribution < -0.4 is 5.23 Å². The molecule has 0 fully saturated rings. The van der Waals surface area contributed by atoms with Crippen molar-refractivity contribution < 1.29 is 22.6 Å². The van der Waals surface area contributed by atoms with Crippen molar-refractivity contribution in [3.8, 4) is 0 Å². The van der Waals surface area contributed by atoms with Gasteiger partial charge in [0.15, 0.2) is 6.29 Å². The van der Waals surface area contributed by atoms with E-state index in [-0.39, 0.29) is 13.2 Å². The van der Waals surface area contributed by atoms with Crippen molar-refractivity contribution in [2.24, 2.45) is 0 Å². The molecular weight excluding hydrogens is 222 g/mol. The standard InChI is InChI=1S/C9H9BF3NO2/c1-16-10-14-8-3-2-7(9(11,12)13)4-6(8)5-15/h2-5,10,14H,1H3. The number of aldehydes is 1. The van der Waals surface area contributed by atoms with Crippen LogP contribution in [0.4, 0.5) is 18.9 Å². The lowest BCUT2D eigenvalue weighted by Crippen LogP contribution is -2.11. The Morgan fingerprint density at radius 1 is 1.44 bits per heavy atom. The minimum absolute atomic E-state index is 0.0492. The summed E-state index contributed by atoms with van der Waals surface area (Å²) < 4.78 is 41.7. The second-order valence-electron chi connectivity index (χ2n) is 3.03. The molecular formula is C9H9BF3NO2. The Morgan fingerprint density at radius 2 is 2.12 bits per heavy atom. The Balaban J connectivity index is 3.02. The van der Waals surface area contributed by atoms with Crippen LogP contribution in [0.25, 0.3) is 0 Å². The molecule has 0 radical (unpaired) electrons. The van der Waals surface area contributed by atoms with Crippen LogP contribution in [0.15, 0.2) is 18.2 Å². The molecule has 1 aromatic rings. The van der Waals surface area contributed by atoms with Crippen molar-refractivity contribution in [2.45, 2.75) is 6.18 Å². The first-order chi connectivity index (χ1) is 7.49. The predicted molar refractivity (Wildman–Crippen MR) is 54.6 cm³/mol. The van der Waals surface area contributed by atoms with Crippen LogP contribution >= 0.6 is 0 Å². The molecule has 0 aliphatic heterocycles. The van der Waals surface area contributed by atoms with Crippen LogP contribution in [0.5, 0.6) is 0 Å². The van der Waals surface area contributed by atoms with E-state index in [1.807, 2.05) is 0 Å². The number of benzene rings is 1. The van der Waals surface area contributed by atoms with Gasteiger partial charge >= 0.3 is 13.8 Å². The molecule has 0 amide bonds. The van der Waals surface area contributed by atoms with E-state index in [1.165, 1.54) is 13.2 Å². The summed E-state index contributed by atoms with van der Waals surface area (Å²) >= 11 is 0. The highest BCUT2D eigenvalue weighted by atomic mass is 19.4. The van der Waals surface area contributed by atoms with Gasteiger partial charge < -0.3 is 9.88 Å². The monoisotopic (exact) mass is 231 g/mol. The van der Waals surface area contributed by atoms with Gasteiger partial charge in [-0.25, -0.2) is 0 Å². The summed E-state index contributed by atoms with van der Waals surface area (Å²) in [7, 11) is 1.55. The molecule has 1 aromatic carbocycles. The molecule has 1 rings (SSSR count). The molecule has 0 aliphatic carbocycles. The van der Waals surface area contributed by atoms with Crippen molar-refractivity contribution in [1.82, 2.24) is 0 Å². The van der Waals surface area contributed by atoms with Gasteiger partial charge in [0.1, 0.15) is 0 Å². The largest absolute Gasteiger partial charge is 0.422 e. The molecule has 16 heavy (non-hydrogen) atoms. The van der Waals surface area contributed by atoms with Gasteiger partial charge in [0.05, 0.1) is 5.56 Å². The van der Waals surface area contributed by atoms with Gasteiger partial charge in [0.25, 0.3) is 0 Å². The molecule has 0 bridgehead atoms. The maximum Gasteiger partial charge on any atom is 0.416 e. The van der Waals surface area contributed by atoms with E-state index < -0.39 is 11.7 Å². The topological polar surface area (TPSA) is 38.3 Å². The molecule has 0 saturated heterocycles. The second-order valence-corrected chi connectivity index (χ2v) is 3.03. The van der Waals surface area contributed by atoms with Gasteiger partial charge in [-0.05, 0) is 18.2 Å². The Labute approximate surface area is 90.9 Å². The number of halogens is 3. The number of carbonyl (C=O) groups excluding carboxylic acids is 1. The minimum atomic E-state index is -4.45. The zero-order valence-corrected chi connectivity index (χ0v) is 8.47. The van der Waals surface area contributed by atoms with E-state index in [2.05, 4.69) is 5.23 Å². The van der Waals surface area contributed by atoms with Gasteiger partial charge in [0, 0.05) is 18.4 Å². The minimum Gasteiger partial charge on any atom is -0.422 e. The molecule has 0 spiro atoms. The molecule has 0 aliphatic rings. The summed E-state index contributed by atoms with van der Waals surface area (Å²) in [5, 5.41) is 2.67. The summed E-state index contributed by atoms with van der Waals surface area (Å²) in [4.78, 5) is 10.6. The van der Waals surface area contributed by atoms with Crippen LogP contribution in [0.1, 0.15) is 15.9 Å². The van der Waals surface area contributed by atoms with E-state index in [1.54, 1.807) is 0 Å². The van der Waals surface area contributed by atoms with Gasteiger partial charge in [-0.15, -0.1) is 0 Å². The molecule has 3 nitrogen and oxygen atoms in total. The van der Waals surface area contributed by atoms with Crippen LogP contribution in [0.2, 0.25) is 0 Å². The van der Waals surface area contributed by atoms with E-state index in [0.29, 0.717) is 12.0 Å². The van der Waals surface area contributed by atoms with Crippen molar-refractivity contribution >= 4 is 19.6 Å². The molecule has 7 heteroatoms. The Bertz CT molecular complexity index is 382. The lowest BCUT2D eigenvalue weighted by atomic mass is 10.1. The van der Waals surface area contributed by atoms with Crippen LogP contribution in [0, 0.1) is 0 Å². The predicted octanol–water partition coefficient (Wildman–Crippen LogP) is 1.84. The molecule has 0 saturated carbocycles. The van der Waals surface area contributed by atoms with Gasteiger partial charge in [0.2, 0.25) is 0 Å². The smallest absolute Gasteiger partial charge is 0.416 e. The molecule has 86 valence electrons. The average Bonchev–Trinajstić information content (AvgIpc) is 2.24. The van der Waals surface area contributed by atoms with Gasteiger partial charge in [-0.1, -0.05) is 0 Å². The van der Waals surface area contributed by atoms with Crippen molar-refractivity contribution in [1.29, 1.82) is 0 Å². The second kappa shape index (κ2) is 5.02. The summed E-state index contributed by atoms with van der Waals surface area (Å²) in [6, 6.07) is 2.90. The van der Waals surface area contributed by atoms with E-state index in [4.69, 9.17) is 4.65 Å². The third-order valence-electron chi connectivity index (χ3n) is 1.91. The molecule has 1 N–H and O–H groups in total. The van der Waals surface area contributed by atoms with Crippen LogP contribution in [-0.2, 0) is 10.8 Å². The van der Waals surface area contributed by atoms with E-state index in [0.717, 1.165) is 12.1 Å². The van der Waals surface area contributed by atoms with Crippen molar-refractivity contribution in [2.75, 3.05) is 12.3 Å². The highest BCUT2D eigenvalue weighted by Crippen LogP contribution is 2.31. The number of hydrogen-bond acceptors (Lipinski definition) is 3. The molecule has 0 aromatic heterocycles. The number of anilines is 1. The average molecular weight is 231 g/mol. The number of hydrogen-bond donors (Lipinski definition) is 1. The fraction of sp³-hybridized carbons (Fsp3) is 0.222. The molecule has 0 heterocycles. The molecule has 0 atom stereocenters. The van der Waals surface area contributed by atoms with Crippen molar-refractivity contribution in [3.05, 3.63) is 29.3 Å². The number of nitrogens with one attached hydrogen (secondary N) is 1. The van der Waals surface area contributed by atoms with Gasteiger partial charge in [-0.2, -0.15) is 13.2 Å². The SMILES string of the molecule is COBNc1ccc(C(F)(F)F)cc1C=O. The summed E-state index contributed by atoms with van der Waals surface area (Å²) in [5.41, 5.74) is -0.589. The first-order valence-corrected chi connectivity index (χ1v) is 4.38. The lowest BCUT2D eigenvalue weighted by molar-refractivity contribution is -0.137. The fourth-order valence-corrected chi connectivity index (χ4v) is 1.15. The first kappa shape index (κ1) is 12.6. The number of alkyl halides is 3. The maximum absolute atomic E-state index is 12.3. The van der Waals surface area contributed by atoms with E-state index in [9.17, 15) is 18.0 Å². The Morgan fingerprint density at radius 3 is 2.62 bits per heavy atom. The lowest BCUT2D eigenvalue weighted by Gasteiger charge is -2.11. The zero-order chi connectivity index (χ0) is 12.2. The maximum atomic E-state index is 12.3. The van der Waals surface area contributed by atoms with Gasteiger partial charge in [-0.3, -0.25) is 4.79 Å². The number of carbonyl (C=O) groups is 1. The third kappa shape index (κ3) is 3.00. The van der Waals surface area contributed by atoms with Crippen LogP contribution in [-0.4, -0.2) is 21.0 Å². The number of rotatable bonds is 4. The highest BCUT2D eigenvalue weighted by Gasteiger charge is 2.30. The quantitative estimate of drug-likeness (QED) is 0.634. The molecule has 0 unspecified atom stereocenters. The van der Waals surface area contributed by atoms with E-state index >= 15 is 0 Å². The summed E-state index contributed by atoms with van der Waals surface area (Å²) in [6.07, 6.45) is -4.08. The Hall–Kier alpha value is -1.50. The summed E-state index contributed by atoms with van der Waals surface area (Å²) in [5.74, 6) is 0. The first-order valence-electron chi connectivity index (χ1n) is 4.38. The normalized spacial score (nSPS) is 11.0.